The number of rotatable bonds is 3. The molecule has 0 aliphatic heterocycles. The molecule has 1 aliphatic rings. The molecular formula is C16H17NO. The van der Waals surface area contributed by atoms with Crippen molar-refractivity contribution in [2.24, 2.45) is 0 Å². The third-order valence-corrected chi connectivity index (χ3v) is 3.54. The predicted molar refractivity (Wildman–Crippen MR) is 72.8 cm³/mol. The molecule has 0 spiro atoms. The van der Waals surface area contributed by atoms with E-state index < -0.39 is 0 Å². The van der Waals surface area contributed by atoms with Crippen molar-refractivity contribution in [2.45, 2.75) is 18.6 Å². The fourth-order valence-corrected chi connectivity index (χ4v) is 2.60. The van der Waals surface area contributed by atoms with Crippen molar-refractivity contribution in [3.63, 3.8) is 0 Å². The van der Waals surface area contributed by atoms with Gasteiger partial charge in [0.2, 0.25) is 0 Å². The molecule has 0 bridgehead atoms. The molecule has 2 aromatic carbocycles. The molecule has 0 saturated carbocycles. The minimum absolute atomic E-state index is 0.105. The van der Waals surface area contributed by atoms with E-state index in [1.54, 1.807) is 0 Å². The minimum atomic E-state index is 0.105. The smallest absolute Gasteiger partial charge is 0.140 e. The summed E-state index contributed by atoms with van der Waals surface area (Å²) in [5.41, 5.74) is 2.69. The van der Waals surface area contributed by atoms with E-state index in [0.717, 1.165) is 12.2 Å². The van der Waals surface area contributed by atoms with Crippen molar-refractivity contribution in [1.82, 2.24) is 5.32 Å². The Kier molecular flexibility index (Phi) is 3.03. The fraction of sp³-hybridized carbons (Fsp3) is 0.250. The van der Waals surface area contributed by atoms with E-state index >= 15 is 0 Å². The molecule has 1 aliphatic carbocycles. The topological polar surface area (TPSA) is 21.3 Å². The van der Waals surface area contributed by atoms with Gasteiger partial charge < -0.3 is 10.1 Å². The lowest BCUT2D eigenvalue weighted by molar-refractivity contribution is 0.172. The van der Waals surface area contributed by atoms with Gasteiger partial charge in [-0.3, -0.25) is 0 Å². The van der Waals surface area contributed by atoms with E-state index in [1.807, 2.05) is 37.4 Å². The SMILES string of the molecule is CN[C@@H]1Cc2ccccc2[C@@H]1Oc1ccccc1. The molecule has 2 nitrogen and oxygen atoms in total. The van der Waals surface area contributed by atoms with Gasteiger partial charge in [0.1, 0.15) is 11.9 Å². The Hall–Kier alpha value is -1.80. The highest BCUT2D eigenvalue weighted by atomic mass is 16.5. The zero-order valence-electron chi connectivity index (χ0n) is 10.5. The van der Waals surface area contributed by atoms with Gasteiger partial charge in [-0.25, -0.2) is 0 Å². The van der Waals surface area contributed by atoms with E-state index in [1.165, 1.54) is 11.1 Å². The van der Waals surface area contributed by atoms with Crippen LogP contribution in [0.5, 0.6) is 5.75 Å². The third kappa shape index (κ3) is 2.00. The molecule has 18 heavy (non-hydrogen) atoms. The Morgan fingerprint density at radius 1 is 1.00 bits per heavy atom. The van der Waals surface area contributed by atoms with Crippen LogP contribution in [0.4, 0.5) is 0 Å². The molecule has 2 atom stereocenters. The number of ether oxygens (including phenoxy) is 1. The summed E-state index contributed by atoms with van der Waals surface area (Å²) >= 11 is 0. The summed E-state index contributed by atoms with van der Waals surface area (Å²) in [6.07, 6.45) is 1.14. The Morgan fingerprint density at radius 3 is 2.50 bits per heavy atom. The van der Waals surface area contributed by atoms with E-state index in [0.29, 0.717) is 6.04 Å². The zero-order chi connectivity index (χ0) is 12.4. The summed E-state index contributed by atoms with van der Waals surface area (Å²) < 4.78 is 6.14. The number of hydrogen-bond donors (Lipinski definition) is 1. The Labute approximate surface area is 108 Å². The predicted octanol–water partition coefficient (Wildman–Crippen LogP) is 2.95. The van der Waals surface area contributed by atoms with Gasteiger partial charge in [-0.05, 0) is 36.7 Å². The molecule has 3 rings (SSSR count). The van der Waals surface area contributed by atoms with Gasteiger partial charge in [-0.2, -0.15) is 0 Å². The normalized spacial score (nSPS) is 21.6. The van der Waals surface area contributed by atoms with Crippen molar-refractivity contribution in [3.8, 4) is 5.75 Å². The first-order chi connectivity index (χ1) is 8.88. The summed E-state index contributed by atoms with van der Waals surface area (Å²) in [6, 6.07) is 18.9. The quantitative estimate of drug-likeness (QED) is 0.889. The fourth-order valence-electron chi connectivity index (χ4n) is 2.60. The lowest BCUT2D eigenvalue weighted by Gasteiger charge is -2.21. The number of nitrogens with one attached hydrogen (secondary N) is 1. The van der Waals surface area contributed by atoms with Crippen LogP contribution in [0, 0.1) is 0 Å². The molecule has 0 unspecified atom stereocenters. The summed E-state index contributed by atoms with van der Waals surface area (Å²) in [6.45, 7) is 0. The first-order valence-corrected chi connectivity index (χ1v) is 6.35. The zero-order valence-corrected chi connectivity index (χ0v) is 10.5. The van der Waals surface area contributed by atoms with Gasteiger partial charge in [0.05, 0.1) is 6.04 Å². The number of fused-ring (bicyclic) bond motifs is 1. The minimum Gasteiger partial charge on any atom is -0.484 e. The average Bonchev–Trinajstić information content (AvgIpc) is 2.78. The van der Waals surface area contributed by atoms with E-state index in [-0.39, 0.29) is 6.10 Å². The van der Waals surface area contributed by atoms with Crippen LogP contribution >= 0.6 is 0 Å². The maximum absolute atomic E-state index is 6.14. The highest BCUT2D eigenvalue weighted by Gasteiger charge is 2.32. The number of hydrogen-bond acceptors (Lipinski definition) is 2. The van der Waals surface area contributed by atoms with Crippen molar-refractivity contribution in [3.05, 3.63) is 65.7 Å². The van der Waals surface area contributed by atoms with Gasteiger partial charge in [0.15, 0.2) is 0 Å². The summed E-state index contributed by atoms with van der Waals surface area (Å²) in [4.78, 5) is 0. The molecule has 0 radical (unpaired) electrons. The first kappa shape index (κ1) is 11.3. The van der Waals surface area contributed by atoms with Crippen molar-refractivity contribution in [2.75, 3.05) is 7.05 Å². The third-order valence-electron chi connectivity index (χ3n) is 3.54. The van der Waals surface area contributed by atoms with Crippen LogP contribution in [0.3, 0.4) is 0 Å². The van der Waals surface area contributed by atoms with E-state index in [4.69, 9.17) is 4.74 Å². The number of likely N-dealkylation sites (N-methyl/N-ethyl adjacent to an activating group) is 1. The Bertz CT molecular complexity index is 524. The van der Waals surface area contributed by atoms with Gasteiger partial charge >= 0.3 is 0 Å². The number of para-hydroxylation sites is 1. The Balaban J connectivity index is 1.90. The van der Waals surface area contributed by atoms with E-state index in [2.05, 4.69) is 29.6 Å². The molecule has 1 N–H and O–H groups in total. The van der Waals surface area contributed by atoms with Crippen LogP contribution in [0.15, 0.2) is 54.6 Å². The van der Waals surface area contributed by atoms with Crippen molar-refractivity contribution >= 4 is 0 Å². The van der Waals surface area contributed by atoms with Gasteiger partial charge in [0, 0.05) is 0 Å². The van der Waals surface area contributed by atoms with Gasteiger partial charge in [-0.15, -0.1) is 0 Å². The monoisotopic (exact) mass is 239 g/mol. The molecule has 0 aromatic heterocycles. The molecule has 2 aromatic rings. The van der Waals surface area contributed by atoms with Gasteiger partial charge in [0.25, 0.3) is 0 Å². The second-order valence-corrected chi connectivity index (χ2v) is 4.65. The second-order valence-electron chi connectivity index (χ2n) is 4.65. The maximum Gasteiger partial charge on any atom is 0.140 e. The van der Waals surface area contributed by atoms with Gasteiger partial charge in [-0.1, -0.05) is 42.5 Å². The lowest BCUT2D eigenvalue weighted by Crippen LogP contribution is -2.32. The van der Waals surface area contributed by atoms with Crippen LogP contribution in [0.25, 0.3) is 0 Å². The molecule has 0 amide bonds. The van der Waals surface area contributed by atoms with Crippen LogP contribution in [0.1, 0.15) is 17.2 Å². The highest BCUT2D eigenvalue weighted by Crippen LogP contribution is 2.34. The van der Waals surface area contributed by atoms with Crippen LogP contribution in [-0.2, 0) is 6.42 Å². The Morgan fingerprint density at radius 2 is 1.72 bits per heavy atom. The van der Waals surface area contributed by atoms with Crippen LogP contribution in [0.2, 0.25) is 0 Å². The molecule has 2 heteroatoms. The van der Waals surface area contributed by atoms with Crippen LogP contribution in [-0.4, -0.2) is 13.1 Å². The molecular weight excluding hydrogens is 222 g/mol. The summed E-state index contributed by atoms with van der Waals surface area (Å²) in [5, 5.41) is 3.36. The lowest BCUT2D eigenvalue weighted by atomic mass is 10.1. The van der Waals surface area contributed by atoms with Crippen molar-refractivity contribution < 1.29 is 4.74 Å². The maximum atomic E-state index is 6.14. The summed E-state index contributed by atoms with van der Waals surface area (Å²) in [7, 11) is 2.00. The first-order valence-electron chi connectivity index (χ1n) is 6.35. The largest absolute Gasteiger partial charge is 0.484 e. The number of benzene rings is 2. The average molecular weight is 239 g/mol. The van der Waals surface area contributed by atoms with Crippen molar-refractivity contribution in [1.29, 1.82) is 0 Å². The highest BCUT2D eigenvalue weighted by molar-refractivity contribution is 5.37. The van der Waals surface area contributed by atoms with Crippen LogP contribution < -0.4 is 10.1 Å². The van der Waals surface area contributed by atoms with E-state index in [9.17, 15) is 0 Å². The molecule has 0 fully saturated rings. The molecule has 92 valence electrons. The molecule has 0 saturated heterocycles. The molecule has 0 heterocycles. The summed E-state index contributed by atoms with van der Waals surface area (Å²) in [5.74, 6) is 0.930. The second kappa shape index (κ2) is 4.83. The standard InChI is InChI=1S/C16H17NO/c1-17-15-11-12-7-5-6-10-14(12)16(15)18-13-8-3-2-4-9-13/h2-10,15-17H,11H2,1H3/t15-,16+/m1/s1.